The highest BCUT2D eigenvalue weighted by atomic mass is 35.5. The third-order valence-corrected chi connectivity index (χ3v) is 7.69. The van der Waals surface area contributed by atoms with Crippen molar-refractivity contribution in [1.29, 1.82) is 0 Å². The number of rotatable bonds is 7. The minimum absolute atomic E-state index is 0.0136. The van der Waals surface area contributed by atoms with E-state index in [0.29, 0.717) is 41.2 Å². The first-order valence-corrected chi connectivity index (χ1v) is 13.1. The first kappa shape index (κ1) is 26.4. The fourth-order valence-electron chi connectivity index (χ4n) is 5.48. The molecule has 3 N–H and O–H groups in total. The highest BCUT2D eigenvalue weighted by Gasteiger charge is 2.40. The van der Waals surface area contributed by atoms with Gasteiger partial charge in [0.1, 0.15) is 12.1 Å². The first-order valence-electron chi connectivity index (χ1n) is 12.7. The van der Waals surface area contributed by atoms with Crippen molar-refractivity contribution in [3.8, 4) is 11.5 Å². The smallest absolute Gasteiger partial charge is 0.237 e. The number of benzene rings is 2. The van der Waals surface area contributed by atoms with Gasteiger partial charge in [-0.2, -0.15) is 0 Å². The molecule has 1 saturated carbocycles. The molecule has 0 unspecified atom stereocenters. The van der Waals surface area contributed by atoms with Gasteiger partial charge in [0, 0.05) is 31.1 Å². The summed E-state index contributed by atoms with van der Waals surface area (Å²) in [6.45, 7) is 0.510. The molecule has 0 radical (unpaired) electrons. The van der Waals surface area contributed by atoms with Gasteiger partial charge in [-0.1, -0.05) is 17.7 Å². The molecule has 1 saturated heterocycles. The lowest BCUT2D eigenvalue weighted by Gasteiger charge is -2.37. The SMILES string of the molecule is CNC(=O)[C@@H]1C[C@@H](O)CN1[C@H]1CC[C@H](Oc2cc3c(Nc4cccc(Cl)c4F)ncnc3cc2OC)CC1. The number of aliphatic hydroxyl groups excluding tert-OH is 1. The molecule has 2 atom stereocenters. The predicted molar refractivity (Wildman–Crippen MR) is 143 cm³/mol. The van der Waals surface area contributed by atoms with Crippen molar-refractivity contribution in [2.24, 2.45) is 0 Å². The van der Waals surface area contributed by atoms with Gasteiger partial charge in [-0.15, -0.1) is 0 Å². The molecule has 2 aromatic carbocycles. The van der Waals surface area contributed by atoms with Crippen LogP contribution in [0.4, 0.5) is 15.9 Å². The number of β-amino-alcohol motifs (C(OH)–C–C–N with tert-alkyl or cyclic N) is 1. The molecule has 202 valence electrons. The van der Waals surface area contributed by atoms with Crippen LogP contribution >= 0.6 is 11.6 Å². The molecule has 11 heteroatoms. The summed E-state index contributed by atoms with van der Waals surface area (Å²) in [5.74, 6) is 0.894. The monoisotopic (exact) mass is 543 g/mol. The molecule has 9 nitrogen and oxygen atoms in total. The van der Waals surface area contributed by atoms with Crippen molar-refractivity contribution in [2.75, 3.05) is 26.0 Å². The zero-order chi connectivity index (χ0) is 26.8. The van der Waals surface area contributed by atoms with E-state index in [1.807, 2.05) is 6.07 Å². The Balaban J connectivity index is 1.33. The molecule has 2 aliphatic rings. The van der Waals surface area contributed by atoms with Crippen LogP contribution < -0.4 is 20.1 Å². The van der Waals surface area contributed by atoms with Crippen LogP contribution in [0, 0.1) is 5.82 Å². The number of carbonyl (C=O) groups is 1. The summed E-state index contributed by atoms with van der Waals surface area (Å²) in [6, 6.07) is 8.22. The standard InChI is InChI=1S/C27H31ClFN5O4/c1-30-27(36)22-10-16(35)13-34(22)15-6-8-17(9-7-15)38-24-11-18-21(12-23(24)37-2)31-14-32-26(18)33-20-5-3-4-19(28)25(20)29/h3-5,11-12,14-17,22,35H,6-10,13H2,1-2H3,(H,30,36)(H,31,32,33)/t15-,16-,17-,22+/m1/s1. The molecule has 2 heterocycles. The van der Waals surface area contributed by atoms with E-state index in [-0.39, 0.29) is 34.8 Å². The second kappa shape index (κ2) is 11.3. The normalized spacial score (nSPS) is 23.8. The van der Waals surface area contributed by atoms with Gasteiger partial charge < -0.3 is 25.2 Å². The molecule has 3 aromatic rings. The molecule has 38 heavy (non-hydrogen) atoms. The number of ether oxygens (including phenoxy) is 2. The first-order chi connectivity index (χ1) is 18.4. The van der Waals surface area contributed by atoms with Gasteiger partial charge in [-0.25, -0.2) is 14.4 Å². The number of hydrogen-bond donors (Lipinski definition) is 3. The summed E-state index contributed by atoms with van der Waals surface area (Å²) in [5, 5.41) is 16.6. The third kappa shape index (κ3) is 5.34. The summed E-state index contributed by atoms with van der Waals surface area (Å²) in [7, 11) is 3.20. The Morgan fingerprint density at radius 3 is 2.71 bits per heavy atom. The number of halogens is 2. The molecule has 1 aliphatic carbocycles. The van der Waals surface area contributed by atoms with Crippen LogP contribution in [-0.2, 0) is 4.79 Å². The number of nitrogens with zero attached hydrogens (tertiary/aromatic N) is 3. The van der Waals surface area contributed by atoms with E-state index in [1.54, 1.807) is 32.4 Å². The molecule has 1 aromatic heterocycles. The quantitative estimate of drug-likeness (QED) is 0.410. The van der Waals surface area contributed by atoms with Crippen LogP contribution in [0.2, 0.25) is 5.02 Å². The maximum atomic E-state index is 14.5. The fraction of sp³-hybridized carbons (Fsp3) is 0.444. The van der Waals surface area contributed by atoms with Crippen molar-refractivity contribution in [1.82, 2.24) is 20.2 Å². The van der Waals surface area contributed by atoms with Crippen molar-refractivity contribution < 1.29 is 23.8 Å². The highest BCUT2D eigenvalue weighted by Crippen LogP contribution is 2.38. The number of carbonyl (C=O) groups excluding carboxylic acids is 1. The molecule has 5 rings (SSSR count). The second-order valence-electron chi connectivity index (χ2n) is 9.73. The Bertz CT molecular complexity index is 1320. The zero-order valence-corrected chi connectivity index (χ0v) is 22.0. The van der Waals surface area contributed by atoms with Crippen molar-refractivity contribution in [2.45, 2.75) is 56.4 Å². The maximum Gasteiger partial charge on any atom is 0.237 e. The number of methoxy groups -OCH3 is 1. The molecule has 0 bridgehead atoms. The fourth-order valence-corrected chi connectivity index (χ4v) is 5.66. The Morgan fingerprint density at radius 1 is 1.18 bits per heavy atom. The number of amides is 1. The van der Waals surface area contributed by atoms with Crippen molar-refractivity contribution in [3.05, 3.63) is 47.5 Å². The summed E-state index contributed by atoms with van der Waals surface area (Å²) in [4.78, 5) is 23.1. The lowest BCUT2D eigenvalue weighted by Crippen LogP contribution is -2.48. The Kier molecular flexibility index (Phi) is 7.83. The largest absolute Gasteiger partial charge is 0.493 e. The summed E-state index contributed by atoms with van der Waals surface area (Å²) in [6.07, 6.45) is 4.62. The van der Waals surface area contributed by atoms with Gasteiger partial charge in [0.2, 0.25) is 5.91 Å². The van der Waals surface area contributed by atoms with Crippen LogP contribution in [0.3, 0.4) is 0 Å². The number of anilines is 2. The van der Waals surface area contributed by atoms with Gasteiger partial charge in [0.25, 0.3) is 0 Å². The lowest BCUT2D eigenvalue weighted by molar-refractivity contribution is -0.126. The van der Waals surface area contributed by atoms with E-state index in [2.05, 4.69) is 25.5 Å². The van der Waals surface area contributed by atoms with Gasteiger partial charge in [0.15, 0.2) is 17.3 Å². The molecule has 1 amide bonds. The highest BCUT2D eigenvalue weighted by molar-refractivity contribution is 6.31. The van der Waals surface area contributed by atoms with Crippen LogP contribution in [0.5, 0.6) is 11.5 Å². The third-order valence-electron chi connectivity index (χ3n) is 7.40. The van der Waals surface area contributed by atoms with E-state index < -0.39 is 11.9 Å². The van der Waals surface area contributed by atoms with Gasteiger partial charge in [-0.05, 0) is 50.3 Å². The molecular weight excluding hydrogens is 513 g/mol. The average Bonchev–Trinajstić information content (AvgIpc) is 3.32. The molecular formula is C27H31ClFN5O4. The maximum absolute atomic E-state index is 14.5. The Labute approximate surface area is 225 Å². The number of aliphatic hydroxyl groups is 1. The van der Waals surface area contributed by atoms with Gasteiger partial charge in [0.05, 0.1) is 41.6 Å². The van der Waals surface area contributed by atoms with Crippen LogP contribution in [0.1, 0.15) is 32.1 Å². The minimum Gasteiger partial charge on any atom is -0.493 e. The van der Waals surface area contributed by atoms with E-state index in [4.69, 9.17) is 21.1 Å². The number of likely N-dealkylation sites (tertiary alicyclic amines) is 1. The molecule has 1 aliphatic heterocycles. The number of hydrogen-bond acceptors (Lipinski definition) is 8. The van der Waals surface area contributed by atoms with Gasteiger partial charge >= 0.3 is 0 Å². The number of nitrogens with one attached hydrogen (secondary N) is 2. The topological polar surface area (TPSA) is 109 Å². The minimum atomic E-state index is -0.563. The Morgan fingerprint density at radius 2 is 1.97 bits per heavy atom. The van der Waals surface area contributed by atoms with E-state index in [1.165, 1.54) is 12.4 Å². The number of likely N-dealkylation sites (N-methyl/N-ethyl adjacent to an activating group) is 1. The van der Waals surface area contributed by atoms with E-state index in [0.717, 1.165) is 25.7 Å². The van der Waals surface area contributed by atoms with E-state index in [9.17, 15) is 14.3 Å². The van der Waals surface area contributed by atoms with E-state index >= 15 is 0 Å². The predicted octanol–water partition coefficient (Wildman–Crippen LogP) is 4.05. The van der Waals surface area contributed by atoms with Crippen LogP contribution in [-0.4, -0.2) is 70.9 Å². The second-order valence-corrected chi connectivity index (χ2v) is 10.1. The number of fused-ring (bicyclic) bond motifs is 1. The zero-order valence-electron chi connectivity index (χ0n) is 21.3. The summed E-state index contributed by atoms with van der Waals surface area (Å²) >= 11 is 5.94. The summed E-state index contributed by atoms with van der Waals surface area (Å²) < 4.78 is 26.5. The van der Waals surface area contributed by atoms with Crippen LogP contribution in [0.25, 0.3) is 10.9 Å². The average molecular weight is 544 g/mol. The van der Waals surface area contributed by atoms with Crippen LogP contribution in [0.15, 0.2) is 36.7 Å². The van der Waals surface area contributed by atoms with Crippen molar-refractivity contribution >= 4 is 39.9 Å². The lowest BCUT2D eigenvalue weighted by atomic mass is 9.91. The van der Waals surface area contributed by atoms with Gasteiger partial charge in [-0.3, -0.25) is 9.69 Å². The van der Waals surface area contributed by atoms with Crippen molar-refractivity contribution in [3.63, 3.8) is 0 Å². The Hall–Kier alpha value is -3.21. The molecule has 0 spiro atoms. The number of aromatic nitrogens is 2. The molecule has 2 fully saturated rings. The summed E-state index contributed by atoms with van der Waals surface area (Å²) in [5.41, 5.74) is 0.821.